The van der Waals surface area contributed by atoms with E-state index >= 15 is 0 Å². The highest BCUT2D eigenvalue weighted by atomic mass is 35.5. The third-order valence-electron chi connectivity index (χ3n) is 3.55. The van der Waals surface area contributed by atoms with E-state index < -0.39 is 0 Å². The van der Waals surface area contributed by atoms with E-state index in [-0.39, 0.29) is 42.7 Å². The highest BCUT2D eigenvalue weighted by Gasteiger charge is 2.44. The van der Waals surface area contributed by atoms with Crippen molar-refractivity contribution in [2.75, 3.05) is 19.6 Å². The minimum Gasteiger partial charge on any atom is -0.354 e. The summed E-state index contributed by atoms with van der Waals surface area (Å²) < 4.78 is 0. The molecule has 0 saturated heterocycles. The topological polar surface area (TPSA) is 84.2 Å². The van der Waals surface area contributed by atoms with Crippen LogP contribution in [0.1, 0.15) is 18.4 Å². The Bertz CT molecular complexity index is 519. The van der Waals surface area contributed by atoms with Gasteiger partial charge in [0.1, 0.15) is 0 Å². The number of benzene rings is 1. The van der Waals surface area contributed by atoms with Gasteiger partial charge in [-0.25, -0.2) is 0 Å². The number of carbonyl (C=O) groups is 2. The molecule has 0 bridgehead atoms. The fraction of sp³-hybridized carbons (Fsp3) is 0.429. The van der Waals surface area contributed by atoms with Crippen molar-refractivity contribution >= 4 is 35.8 Å². The molecule has 0 aliphatic heterocycles. The first kappa shape index (κ1) is 17.8. The van der Waals surface area contributed by atoms with E-state index in [2.05, 4.69) is 10.6 Å². The Balaban J connectivity index is 0.00000220. The number of hydrogen-bond donors (Lipinski definition) is 3. The average Bonchev–Trinajstić information content (AvgIpc) is 3.23. The van der Waals surface area contributed by atoms with Crippen molar-refractivity contribution in [3.8, 4) is 0 Å². The summed E-state index contributed by atoms with van der Waals surface area (Å²) in [5.74, 6) is -0.545. The van der Waals surface area contributed by atoms with Gasteiger partial charge in [-0.1, -0.05) is 23.7 Å². The first-order chi connectivity index (χ1) is 9.55. The maximum Gasteiger partial charge on any atom is 0.239 e. The second-order valence-electron chi connectivity index (χ2n) is 5.05. The molecule has 0 heterocycles. The van der Waals surface area contributed by atoms with Crippen molar-refractivity contribution in [1.29, 1.82) is 0 Å². The summed E-state index contributed by atoms with van der Waals surface area (Å²) in [6, 6.07) is 7.72. The van der Waals surface area contributed by atoms with E-state index in [0.717, 1.165) is 18.4 Å². The molecule has 116 valence electrons. The van der Waals surface area contributed by atoms with Crippen LogP contribution in [-0.2, 0) is 15.0 Å². The number of hydrogen-bond acceptors (Lipinski definition) is 3. The van der Waals surface area contributed by atoms with Gasteiger partial charge in [-0.15, -0.1) is 12.4 Å². The Labute approximate surface area is 135 Å². The molecule has 0 atom stereocenters. The van der Waals surface area contributed by atoms with Crippen molar-refractivity contribution in [2.24, 2.45) is 5.73 Å². The van der Waals surface area contributed by atoms with Gasteiger partial charge in [-0.05, 0) is 30.5 Å². The number of nitrogens with one attached hydrogen (secondary N) is 2. The van der Waals surface area contributed by atoms with Crippen LogP contribution < -0.4 is 16.4 Å². The van der Waals surface area contributed by atoms with E-state index in [9.17, 15) is 9.59 Å². The van der Waals surface area contributed by atoms with Crippen LogP contribution in [0.25, 0.3) is 0 Å². The van der Waals surface area contributed by atoms with E-state index in [1.54, 1.807) is 0 Å². The van der Waals surface area contributed by atoms with E-state index in [1.807, 2.05) is 24.3 Å². The lowest BCUT2D eigenvalue weighted by atomic mass is 9.96. The molecule has 0 unspecified atom stereocenters. The predicted molar refractivity (Wildman–Crippen MR) is 84.7 cm³/mol. The second kappa shape index (κ2) is 7.64. The molecule has 1 aliphatic carbocycles. The highest BCUT2D eigenvalue weighted by Crippen LogP contribution is 2.48. The zero-order valence-corrected chi connectivity index (χ0v) is 13.1. The Morgan fingerprint density at radius 2 is 1.95 bits per heavy atom. The van der Waals surface area contributed by atoms with Gasteiger partial charge in [-0.3, -0.25) is 9.59 Å². The zero-order chi connectivity index (χ0) is 14.6. The van der Waals surface area contributed by atoms with Gasteiger partial charge in [0.2, 0.25) is 11.8 Å². The average molecular weight is 332 g/mol. The molecule has 1 saturated carbocycles. The highest BCUT2D eigenvalue weighted by molar-refractivity contribution is 6.30. The number of nitrogens with two attached hydrogens (primary N) is 1. The third-order valence-corrected chi connectivity index (χ3v) is 3.78. The van der Waals surface area contributed by atoms with Crippen LogP contribution in [0.3, 0.4) is 0 Å². The molecule has 21 heavy (non-hydrogen) atoms. The van der Waals surface area contributed by atoms with Gasteiger partial charge in [-0.2, -0.15) is 0 Å². The van der Waals surface area contributed by atoms with Crippen molar-refractivity contribution in [3.63, 3.8) is 0 Å². The summed E-state index contributed by atoms with van der Waals surface area (Å²) in [7, 11) is 0. The Morgan fingerprint density at radius 3 is 2.52 bits per heavy atom. The summed E-state index contributed by atoms with van der Waals surface area (Å²) in [4.78, 5) is 22.6. The van der Waals surface area contributed by atoms with E-state index in [0.29, 0.717) is 11.6 Å². The largest absolute Gasteiger partial charge is 0.354 e. The molecule has 7 heteroatoms. The first-order valence-electron chi connectivity index (χ1n) is 6.55. The molecule has 2 rings (SSSR count). The summed E-state index contributed by atoms with van der Waals surface area (Å²) in [6.45, 7) is 0.409. The number of rotatable bonds is 6. The lowest BCUT2D eigenvalue weighted by molar-refractivity contribution is -0.125. The minimum atomic E-state index is -0.337. The summed E-state index contributed by atoms with van der Waals surface area (Å²) in [6.07, 6.45) is 2.06. The van der Waals surface area contributed by atoms with Gasteiger partial charge in [0.25, 0.3) is 0 Å². The molecule has 5 nitrogen and oxygen atoms in total. The van der Waals surface area contributed by atoms with Crippen LogP contribution in [0, 0.1) is 0 Å². The van der Waals surface area contributed by atoms with Crippen LogP contribution in [-0.4, -0.2) is 31.4 Å². The molecule has 1 aromatic rings. The molecular weight excluding hydrogens is 313 g/mol. The van der Waals surface area contributed by atoms with Crippen molar-refractivity contribution < 1.29 is 9.59 Å². The van der Waals surface area contributed by atoms with Gasteiger partial charge in [0, 0.05) is 17.0 Å². The summed E-state index contributed by atoms with van der Waals surface area (Å²) in [5, 5.41) is 5.99. The molecule has 0 spiro atoms. The van der Waals surface area contributed by atoms with Crippen molar-refractivity contribution in [3.05, 3.63) is 34.9 Å². The van der Waals surface area contributed by atoms with Gasteiger partial charge in [0.15, 0.2) is 0 Å². The van der Waals surface area contributed by atoms with Crippen molar-refractivity contribution in [2.45, 2.75) is 18.3 Å². The monoisotopic (exact) mass is 331 g/mol. The maximum absolute atomic E-state index is 11.6. The molecule has 4 N–H and O–H groups in total. The molecule has 1 fully saturated rings. The van der Waals surface area contributed by atoms with Gasteiger partial charge < -0.3 is 16.4 Å². The van der Waals surface area contributed by atoms with Crippen LogP contribution in [0.4, 0.5) is 0 Å². The number of carbonyl (C=O) groups excluding carboxylic acids is 2. The SMILES string of the molecule is Cl.NCC(=O)NCC(=O)NCC1(c2cccc(Cl)c2)CC1. The summed E-state index contributed by atoms with van der Waals surface area (Å²) >= 11 is 6.00. The molecule has 0 radical (unpaired) electrons. The lowest BCUT2D eigenvalue weighted by Gasteiger charge is -2.17. The lowest BCUT2D eigenvalue weighted by Crippen LogP contribution is -2.41. The fourth-order valence-electron chi connectivity index (χ4n) is 2.12. The molecule has 1 aliphatic rings. The first-order valence-corrected chi connectivity index (χ1v) is 6.93. The van der Waals surface area contributed by atoms with E-state index in [4.69, 9.17) is 17.3 Å². The smallest absolute Gasteiger partial charge is 0.239 e. The molecule has 0 aromatic heterocycles. The maximum atomic E-state index is 11.6. The number of amides is 2. The quantitative estimate of drug-likeness (QED) is 0.726. The number of halogens is 2. The standard InChI is InChI=1S/C14H18ClN3O2.ClH/c15-11-3-1-2-10(6-11)14(4-5-14)9-18-13(20)8-17-12(19)7-16;/h1-3,6H,4-5,7-9,16H2,(H,17,19)(H,18,20);1H. The third kappa shape index (κ3) is 4.88. The fourth-order valence-corrected chi connectivity index (χ4v) is 2.31. The minimum absolute atomic E-state index is 0. The van der Waals surface area contributed by atoms with Crippen LogP contribution in [0.15, 0.2) is 24.3 Å². The Kier molecular flexibility index (Phi) is 6.45. The normalized spacial score (nSPS) is 14.8. The van der Waals surface area contributed by atoms with Crippen molar-refractivity contribution in [1.82, 2.24) is 10.6 Å². The molecule has 1 aromatic carbocycles. The summed E-state index contributed by atoms with van der Waals surface area (Å²) in [5.41, 5.74) is 6.29. The molecule has 2 amide bonds. The Morgan fingerprint density at radius 1 is 1.24 bits per heavy atom. The van der Waals surface area contributed by atoms with Crippen LogP contribution in [0.2, 0.25) is 5.02 Å². The van der Waals surface area contributed by atoms with Crippen LogP contribution in [0.5, 0.6) is 0 Å². The van der Waals surface area contributed by atoms with Gasteiger partial charge in [0.05, 0.1) is 13.1 Å². The predicted octanol–water partition coefficient (Wildman–Crippen LogP) is 0.985. The second-order valence-corrected chi connectivity index (χ2v) is 5.48. The Hall–Kier alpha value is -1.30. The van der Waals surface area contributed by atoms with E-state index in [1.165, 1.54) is 0 Å². The van der Waals surface area contributed by atoms with Crippen LogP contribution >= 0.6 is 24.0 Å². The molecular formula is C14H19Cl2N3O2. The van der Waals surface area contributed by atoms with Gasteiger partial charge >= 0.3 is 0 Å². The zero-order valence-electron chi connectivity index (χ0n) is 11.5.